The van der Waals surface area contributed by atoms with Gasteiger partial charge in [0, 0.05) is 6.20 Å². The summed E-state index contributed by atoms with van der Waals surface area (Å²) in [6.45, 7) is 0. The molecule has 19 heavy (non-hydrogen) atoms. The Balaban J connectivity index is 3.04. The fraction of sp³-hybridized carbons (Fsp3) is 0.222. The summed E-state index contributed by atoms with van der Waals surface area (Å²) >= 11 is 5.58. The van der Waals surface area contributed by atoms with Gasteiger partial charge in [-0.25, -0.2) is 13.4 Å². The van der Waals surface area contributed by atoms with E-state index in [4.69, 9.17) is 21.8 Å². The van der Waals surface area contributed by atoms with E-state index in [9.17, 15) is 18.0 Å². The highest BCUT2D eigenvalue weighted by Gasteiger charge is 2.28. The first-order chi connectivity index (χ1) is 8.74. The zero-order valence-electron chi connectivity index (χ0n) is 9.28. The minimum absolute atomic E-state index is 0.338. The van der Waals surface area contributed by atoms with E-state index in [1.54, 1.807) is 4.72 Å². The molecule has 0 fully saturated rings. The molecule has 0 amide bonds. The number of sulfonamides is 1. The summed E-state index contributed by atoms with van der Waals surface area (Å²) in [5.41, 5.74) is 0. The molecule has 3 N–H and O–H groups in total. The maximum absolute atomic E-state index is 11.9. The third kappa shape index (κ3) is 4.16. The molecule has 0 saturated heterocycles. The van der Waals surface area contributed by atoms with Crippen LogP contribution in [-0.4, -0.2) is 41.6 Å². The Hall–Kier alpha value is -1.71. The topological polar surface area (TPSA) is 134 Å². The van der Waals surface area contributed by atoms with Crippen LogP contribution in [0.2, 0.25) is 5.15 Å². The fourth-order valence-corrected chi connectivity index (χ4v) is 2.82. The molecule has 104 valence electrons. The van der Waals surface area contributed by atoms with Crippen LogP contribution in [0, 0.1) is 0 Å². The van der Waals surface area contributed by atoms with Crippen LogP contribution in [0.1, 0.15) is 6.42 Å². The number of hydrogen-bond donors (Lipinski definition) is 3. The number of pyridine rings is 1. The molecule has 0 spiro atoms. The van der Waals surface area contributed by atoms with Gasteiger partial charge in [0.15, 0.2) is 0 Å². The van der Waals surface area contributed by atoms with Crippen LogP contribution < -0.4 is 4.72 Å². The Morgan fingerprint density at radius 3 is 2.53 bits per heavy atom. The minimum Gasteiger partial charge on any atom is -0.481 e. The summed E-state index contributed by atoms with van der Waals surface area (Å²) in [6, 6.07) is 0.629. The Bertz CT molecular complexity index is 602. The number of carboxylic acids is 2. The third-order valence-electron chi connectivity index (χ3n) is 1.99. The van der Waals surface area contributed by atoms with Gasteiger partial charge in [-0.1, -0.05) is 11.6 Å². The molecule has 0 bridgehead atoms. The summed E-state index contributed by atoms with van der Waals surface area (Å²) in [6.07, 6.45) is 0.361. The Kier molecular flexibility index (Phi) is 4.81. The minimum atomic E-state index is -4.27. The molecule has 0 aliphatic carbocycles. The molecule has 0 radical (unpaired) electrons. The van der Waals surface area contributed by atoms with Crippen molar-refractivity contribution in [3.8, 4) is 0 Å². The third-order valence-corrected chi connectivity index (χ3v) is 3.91. The van der Waals surface area contributed by atoms with Crippen LogP contribution in [0.3, 0.4) is 0 Å². The van der Waals surface area contributed by atoms with Crippen molar-refractivity contribution in [2.75, 3.05) is 0 Å². The summed E-state index contributed by atoms with van der Waals surface area (Å²) in [4.78, 5) is 24.4. The quantitative estimate of drug-likeness (QED) is 0.627. The lowest BCUT2D eigenvalue weighted by Crippen LogP contribution is -2.42. The van der Waals surface area contributed by atoms with Gasteiger partial charge in [-0.05, 0) is 12.1 Å². The molecule has 1 rings (SSSR count). The van der Waals surface area contributed by atoms with Crippen molar-refractivity contribution in [3.63, 3.8) is 0 Å². The number of rotatable bonds is 6. The Morgan fingerprint density at radius 1 is 1.42 bits per heavy atom. The van der Waals surface area contributed by atoms with Gasteiger partial charge in [0.1, 0.15) is 16.1 Å². The highest BCUT2D eigenvalue weighted by atomic mass is 35.5. The molecule has 1 aromatic heterocycles. The smallest absolute Gasteiger partial charge is 0.322 e. The van der Waals surface area contributed by atoms with Crippen LogP contribution >= 0.6 is 11.6 Å². The number of aliphatic carboxylic acids is 2. The van der Waals surface area contributed by atoms with Crippen LogP contribution in [0.4, 0.5) is 0 Å². The number of carbonyl (C=O) groups is 2. The van der Waals surface area contributed by atoms with Gasteiger partial charge in [-0.15, -0.1) is 0 Å². The van der Waals surface area contributed by atoms with Crippen molar-refractivity contribution in [1.82, 2.24) is 9.71 Å². The van der Waals surface area contributed by atoms with Crippen LogP contribution in [-0.2, 0) is 19.6 Å². The summed E-state index contributed by atoms with van der Waals surface area (Å²) in [7, 11) is -4.27. The van der Waals surface area contributed by atoms with E-state index in [-0.39, 0.29) is 5.15 Å². The number of hydrogen-bond acceptors (Lipinski definition) is 5. The first kappa shape index (κ1) is 15.3. The number of nitrogens with zero attached hydrogens (tertiary/aromatic N) is 1. The monoisotopic (exact) mass is 308 g/mol. The molecule has 8 nitrogen and oxygen atoms in total. The van der Waals surface area contributed by atoms with Crippen molar-refractivity contribution < 1.29 is 28.2 Å². The highest BCUT2D eigenvalue weighted by Crippen LogP contribution is 2.18. The van der Waals surface area contributed by atoms with E-state index in [1.165, 1.54) is 12.3 Å². The van der Waals surface area contributed by atoms with Gasteiger partial charge in [0.2, 0.25) is 10.0 Å². The number of carboxylic acid groups (broad SMARTS) is 2. The first-order valence-corrected chi connectivity index (χ1v) is 6.67. The maximum Gasteiger partial charge on any atom is 0.322 e. The molecule has 1 heterocycles. The number of nitrogens with one attached hydrogen (secondary N) is 1. The molecule has 1 atom stereocenters. The van der Waals surface area contributed by atoms with Gasteiger partial charge < -0.3 is 10.2 Å². The van der Waals surface area contributed by atoms with Gasteiger partial charge in [0.05, 0.1) is 6.42 Å². The highest BCUT2D eigenvalue weighted by molar-refractivity contribution is 7.89. The van der Waals surface area contributed by atoms with Gasteiger partial charge >= 0.3 is 11.9 Å². The molecule has 0 aliphatic heterocycles. The zero-order valence-corrected chi connectivity index (χ0v) is 10.8. The standard InChI is InChI=1S/C9H9ClN2O6S/c10-8-6(2-1-3-11-8)19(17,18)12-5(9(15)16)4-7(13)14/h1-3,5,12H,4H2,(H,13,14)(H,15,16)/t5-/m1/s1. The summed E-state index contributed by atoms with van der Waals surface area (Å²) < 4.78 is 25.5. The van der Waals surface area contributed by atoms with E-state index >= 15 is 0 Å². The lowest BCUT2D eigenvalue weighted by atomic mass is 10.2. The van der Waals surface area contributed by atoms with E-state index in [0.29, 0.717) is 0 Å². The number of aromatic nitrogens is 1. The normalized spacial score (nSPS) is 12.9. The Morgan fingerprint density at radius 2 is 2.05 bits per heavy atom. The van der Waals surface area contributed by atoms with Crippen molar-refractivity contribution in [2.45, 2.75) is 17.4 Å². The lowest BCUT2D eigenvalue weighted by molar-refractivity contribution is -0.145. The second-order valence-corrected chi connectivity index (χ2v) is 5.44. The van der Waals surface area contributed by atoms with E-state index < -0.39 is 39.3 Å². The number of halogens is 1. The molecule has 0 aromatic carbocycles. The largest absolute Gasteiger partial charge is 0.481 e. The first-order valence-electron chi connectivity index (χ1n) is 4.81. The van der Waals surface area contributed by atoms with E-state index in [2.05, 4.69) is 4.98 Å². The molecular formula is C9H9ClN2O6S. The van der Waals surface area contributed by atoms with E-state index in [1.807, 2.05) is 0 Å². The van der Waals surface area contributed by atoms with Crippen LogP contribution in [0.5, 0.6) is 0 Å². The predicted molar refractivity (Wildman–Crippen MR) is 63.2 cm³/mol. The molecular weight excluding hydrogens is 300 g/mol. The zero-order chi connectivity index (χ0) is 14.6. The second kappa shape index (κ2) is 5.95. The van der Waals surface area contributed by atoms with Crippen molar-refractivity contribution in [2.24, 2.45) is 0 Å². The predicted octanol–water partition coefficient (Wildman–Crippen LogP) is -0.0588. The molecule has 0 aliphatic rings. The van der Waals surface area contributed by atoms with Gasteiger partial charge in [0.25, 0.3) is 0 Å². The van der Waals surface area contributed by atoms with Gasteiger partial charge in [-0.2, -0.15) is 4.72 Å². The molecule has 0 saturated carbocycles. The van der Waals surface area contributed by atoms with Crippen LogP contribution in [0.15, 0.2) is 23.2 Å². The average molecular weight is 309 g/mol. The van der Waals surface area contributed by atoms with Crippen molar-refractivity contribution in [3.05, 3.63) is 23.5 Å². The van der Waals surface area contributed by atoms with Gasteiger partial charge in [-0.3, -0.25) is 9.59 Å². The second-order valence-electron chi connectivity index (χ2n) is 3.40. The molecule has 1 aromatic rings. The lowest BCUT2D eigenvalue weighted by Gasteiger charge is -2.13. The fourth-order valence-electron chi connectivity index (χ4n) is 1.18. The molecule has 10 heteroatoms. The average Bonchev–Trinajstić information content (AvgIpc) is 2.27. The summed E-state index contributed by atoms with van der Waals surface area (Å²) in [5, 5.41) is 16.9. The Labute approximate surface area is 113 Å². The maximum atomic E-state index is 11.9. The van der Waals surface area contributed by atoms with Crippen molar-refractivity contribution in [1.29, 1.82) is 0 Å². The summed E-state index contributed by atoms with van der Waals surface area (Å²) in [5.74, 6) is -3.06. The SMILES string of the molecule is O=C(O)C[C@@H](NS(=O)(=O)c1cccnc1Cl)C(=O)O. The molecule has 0 unspecified atom stereocenters. The van der Waals surface area contributed by atoms with E-state index in [0.717, 1.165) is 6.07 Å². The van der Waals surface area contributed by atoms with Crippen LogP contribution in [0.25, 0.3) is 0 Å². The van der Waals surface area contributed by atoms with Crippen molar-refractivity contribution >= 4 is 33.6 Å².